The van der Waals surface area contributed by atoms with E-state index < -0.39 is 5.97 Å². The number of halogens is 3. The lowest BCUT2D eigenvalue weighted by Crippen LogP contribution is -2.30. The molecule has 1 aromatic heterocycles. The second-order valence-corrected chi connectivity index (χ2v) is 10.4. The summed E-state index contributed by atoms with van der Waals surface area (Å²) < 4.78 is 0. The van der Waals surface area contributed by atoms with Crippen molar-refractivity contribution in [3.63, 3.8) is 0 Å². The Balaban J connectivity index is 1.37. The van der Waals surface area contributed by atoms with Crippen LogP contribution in [0.4, 0.5) is 5.69 Å². The minimum Gasteiger partial charge on any atom is -0.477 e. The van der Waals surface area contributed by atoms with E-state index in [4.69, 9.17) is 34.8 Å². The van der Waals surface area contributed by atoms with Crippen LogP contribution in [0.1, 0.15) is 38.7 Å². The number of fused-ring (bicyclic) bond motifs is 3. The average Bonchev–Trinajstić information content (AvgIpc) is 3.00. The molecular formula is C29H24Cl3N3O2. The molecule has 1 heterocycles. The molecule has 1 aliphatic rings. The highest BCUT2D eigenvalue weighted by Gasteiger charge is 2.23. The Kier molecular flexibility index (Phi) is 7.40. The van der Waals surface area contributed by atoms with Crippen LogP contribution in [-0.2, 0) is 0 Å². The van der Waals surface area contributed by atoms with Gasteiger partial charge in [0.25, 0.3) is 0 Å². The van der Waals surface area contributed by atoms with E-state index in [0.29, 0.717) is 39.7 Å². The number of aromatic nitrogens is 1. The van der Waals surface area contributed by atoms with Crippen molar-refractivity contribution in [3.8, 4) is 0 Å². The van der Waals surface area contributed by atoms with Crippen LogP contribution in [0.15, 0.2) is 60.7 Å². The summed E-state index contributed by atoms with van der Waals surface area (Å²) in [6.07, 6.45) is 4.31. The van der Waals surface area contributed by atoms with Gasteiger partial charge < -0.3 is 15.3 Å². The first-order chi connectivity index (χ1) is 17.8. The molecular weight excluding hydrogens is 529 g/mol. The number of nitrogens with one attached hydrogen (secondary N) is 1. The molecule has 8 heteroatoms. The van der Waals surface area contributed by atoms with Crippen LogP contribution in [0.5, 0.6) is 0 Å². The number of anilines is 1. The molecule has 1 atom stereocenters. The van der Waals surface area contributed by atoms with Gasteiger partial charge in [0.2, 0.25) is 0 Å². The quantitative estimate of drug-likeness (QED) is 0.248. The van der Waals surface area contributed by atoms with Crippen molar-refractivity contribution < 1.29 is 9.90 Å². The van der Waals surface area contributed by atoms with Crippen molar-refractivity contribution in [1.29, 1.82) is 0 Å². The van der Waals surface area contributed by atoms with Gasteiger partial charge in [0.1, 0.15) is 0 Å². The molecule has 1 aliphatic carbocycles. The number of hydrogen-bond donors (Lipinski definition) is 2. The van der Waals surface area contributed by atoms with Gasteiger partial charge in [-0.05, 0) is 59.6 Å². The van der Waals surface area contributed by atoms with E-state index in [-0.39, 0.29) is 11.6 Å². The Morgan fingerprint density at radius 1 is 0.973 bits per heavy atom. The maximum atomic E-state index is 11.6. The maximum absolute atomic E-state index is 11.6. The van der Waals surface area contributed by atoms with Gasteiger partial charge in [-0.2, -0.15) is 0 Å². The number of nitrogens with zero attached hydrogens (tertiary/aromatic N) is 2. The number of rotatable bonds is 7. The smallest absolute Gasteiger partial charge is 0.354 e. The first-order valence-corrected chi connectivity index (χ1v) is 13.0. The van der Waals surface area contributed by atoms with Crippen molar-refractivity contribution in [2.45, 2.75) is 5.92 Å². The third-order valence-corrected chi connectivity index (χ3v) is 7.34. The van der Waals surface area contributed by atoms with E-state index >= 15 is 0 Å². The lowest BCUT2D eigenvalue weighted by atomic mass is 9.87. The zero-order valence-electron chi connectivity index (χ0n) is 20.0. The molecule has 0 bridgehead atoms. The molecule has 0 saturated heterocycles. The summed E-state index contributed by atoms with van der Waals surface area (Å²) in [6, 6.07) is 19.3. The Labute approximate surface area is 230 Å². The van der Waals surface area contributed by atoms with Crippen LogP contribution in [0, 0.1) is 0 Å². The topological polar surface area (TPSA) is 65.5 Å². The molecule has 2 N–H and O–H groups in total. The molecule has 188 valence electrons. The van der Waals surface area contributed by atoms with Crippen LogP contribution in [0.3, 0.4) is 0 Å². The van der Waals surface area contributed by atoms with Crippen LogP contribution >= 0.6 is 34.8 Å². The highest BCUT2D eigenvalue weighted by atomic mass is 35.5. The van der Waals surface area contributed by atoms with Crippen LogP contribution in [0.2, 0.25) is 15.1 Å². The monoisotopic (exact) mass is 551 g/mol. The van der Waals surface area contributed by atoms with Gasteiger partial charge in [-0.25, -0.2) is 9.78 Å². The van der Waals surface area contributed by atoms with Gasteiger partial charge >= 0.3 is 5.97 Å². The molecule has 4 aromatic rings. The predicted molar refractivity (Wildman–Crippen MR) is 153 cm³/mol. The number of carboxylic acids is 1. The zero-order chi connectivity index (χ0) is 26.1. The number of likely N-dealkylation sites (N-methyl/N-ethyl adjacent to an activating group) is 1. The van der Waals surface area contributed by atoms with Crippen molar-refractivity contribution >= 4 is 69.5 Å². The van der Waals surface area contributed by atoms with Gasteiger partial charge in [-0.3, -0.25) is 0 Å². The SMILES string of the molecule is CN(CCNc1cc(C(=O)O)nc2cc(Cl)cc(Cl)c12)C[C@H]1c2ccccc2C=Cc2ccc(Cl)cc21. The fraction of sp³-hybridized carbons (Fsp3) is 0.172. The van der Waals surface area contributed by atoms with E-state index in [1.54, 1.807) is 12.1 Å². The summed E-state index contributed by atoms with van der Waals surface area (Å²) in [5, 5.41) is 15.1. The Morgan fingerprint density at radius 2 is 1.73 bits per heavy atom. The number of carbonyl (C=O) groups is 1. The lowest BCUT2D eigenvalue weighted by molar-refractivity contribution is 0.0691. The number of benzene rings is 3. The van der Waals surface area contributed by atoms with Gasteiger partial charge in [-0.1, -0.05) is 77.3 Å². The first-order valence-electron chi connectivity index (χ1n) is 11.8. The molecule has 0 spiro atoms. The summed E-state index contributed by atoms with van der Waals surface area (Å²) in [4.78, 5) is 18.1. The fourth-order valence-electron chi connectivity index (χ4n) is 4.84. The van der Waals surface area contributed by atoms with E-state index in [9.17, 15) is 9.90 Å². The first kappa shape index (κ1) is 25.6. The van der Waals surface area contributed by atoms with Gasteiger partial charge in [0.15, 0.2) is 5.69 Å². The Bertz CT molecular complexity index is 1540. The van der Waals surface area contributed by atoms with Crippen molar-refractivity contribution in [1.82, 2.24) is 9.88 Å². The molecule has 0 saturated carbocycles. The summed E-state index contributed by atoms with van der Waals surface area (Å²) in [5.41, 5.74) is 5.79. The Morgan fingerprint density at radius 3 is 2.51 bits per heavy atom. The molecule has 3 aromatic carbocycles. The van der Waals surface area contributed by atoms with Crippen LogP contribution < -0.4 is 5.32 Å². The third-order valence-electron chi connectivity index (χ3n) is 6.59. The average molecular weight is 553 g/mol. The minimum absolute atomic E-state index is 0.0715. The number of aromatic carboxylic acids is 1. The minimum atomic E-state index is -1.11. The van der Waals surface area contributed by atoms with Crippen molar-refractivity contribution in [2.24, 2.45) is 0 Å². The fourth-order valence-corrected chi connectivity index (χ4v) is 5.61. The van der Waals surface area contributed by atoms with Crippen molar-refractivity contribution in [2.75, 3.05) is 32.0 Å². The van der Waals surface area contributed by atoms with E-state index in [1.807, 2.05) is 6.07 Å². The van der Waals surface area contributed by atoms with Gasteiger partial charge in [0, 0.05) is 46.7 Å². The van der Waals surface area contributed by atoms with Crippen LogP contribution in [0.25, 0.3) is 23.1 Å². The van der Waals surface area contributed by atoms with E-state index in [2.05, 4.69) is 70.8 Å². The number of hydrogen-bond acceptors (Lipinski definition) is 4. The molecule has 0 unspecified atom stereocenters. The standard InChI is InChI=1S/C29H24Cl3N3O2/c1-35(11-10-33-25-15-27(29(36)37)34-26-14-20(31)13-24(32)28(25)26)16-23-21-5-3-2-4-17(21)6-7-18-8-9-19(30)12-22(18)23/h2-9,12-15,23H,10-11,16H2,1H3,(H,33,34)(H,36,37)/t23-/m0/s1. The summed E-state index contributed by atoms with van der Waals surface area (Å²) in [7, 11) is 2.08. The molecule has 0 radical (unpaired) electrons. The highest BCUT2D eigenvalue weighted by Crippen LogP contribution is 2.37. The predicted octanol–water partition coefficient (Wildman–Crippen LogP) is 7.55. The van der Waals surface area contributed by atoms with E-state index in [0.717, 1.165) is 17.1 Å². The molecule has 5 nitrogen and oxygen atoms in total. The summed E-state index contributed by atoms with van der Waals surface area (Å²) in [5.74, 6) is -0.974. The third kappa shape index (κ3) is 5.46. The van der Waals surface area contributed by atoms with Gasteiger partial charge in [0.05, 0.1) is 10.5 Å². The molecule has 5 rings (SSSR count). The maximum Gasteiger partial charge on any atom is 0.354 e. The normalized spacial score (nSPS) is 14.4. The molecule has 0 amide bonds. The lowest BCUT2D eigenvalue weighted by Gasteiger charge is -2.27. The molecule has 0 aliphatic heterocycles. The van der Waals surface area contributed by atoms with Crippen molar-refractivity contribution in [3.05, 3.63) is 104 Å². The Hall–Kier alpha value is -3.09. The molecule has 0 fully saturated rings. The number of carboxylic acid groups (broad SMARTS) is 1. The second kappa shape index (κ2) is 10.7. The summed E-state index contributed by atoms with van der Waals surface area (Å²) >= 11 is 19.0. The highest BCUT2D eigenvalue weighted by molar-refractivity contribution is 6.39. The molecule has 37 heavy (non-hydrogen) atoms. The number of pyridine rings is 1. The van der Waals surface area contributed by atoms with E-state index in [1.165, 1.54) is 22.8 Å². The summed E-state index contributed by atoms with van der Waals surface area (Å²) in [6.45, 7) is 2.06. The zero-order valence-corrected chi connectivity index (χ0v) is 22.3. The van der Waals surface area contributed by atoms with Gasteiger partial charge in [-0.15, -0.1) is 0 Å². The van der Waals surface area contributed by atoms with Crippen LogP contribution in [-0.4, -0.2) is 47.6 Å². The largest absolute Gasteiger partial charge is 0.477 e. The second-order valence-electron chi connectivity index (χ2n) is 9.12.